The molecule has 1 heterocycles. The van der Waals surface area contributed by atoms with Gasteiger partial charge in [-0.2, -0.15) is 0 Å². The second kappa shape index (κ2) is 5.01. The molecule has 0 bridgehead atoms. The number of rotatable bonds is 3. The van der Waals surface area contributed by atoms with Crippen LogP contribution in [-0.4, -0.2) is 16.1 Å². The first kappa shape index (κ1) is 11.7. The van der Waals surface area contributed by atoms with Crippen molar-refractivity contribution in [2.45, 2.75) is 16.7 Å². The molecule has 86 valence electrons. The predicted octanol–water partition coefficient (Wildman–Crippen LogP) is 3.24. The van der Waals surface area contributed by atoms with E-state index in [1.807, 2.05) is 31.2 Å². The van der Waals surface area contributed by atoms with Crippen LogP contribution in [0.1, 0.15) is 16.1 Å². The lowest BCUT2D eigenvalue weighted by Gasteiger charge is -2.05. The lowest BCUT2D eigenvalue weighted by atomic mass is 10.2. The van der Waals surface area contributed by atoms with E-state index in [9.17, 15) is 4.79 Å². The number of aryl methyl sites for hydroxylation is 1. The number of benzene rings is 1. The maximum absolute atomic E-state index is 11.0. The Morgan fingerprint density at radius 1 is 1.29 bits per heavy atom. The van der Waals surface area contributed by atoms with Crippen LogP contribution in [-0.2, 0) is 0 Å². The largest absolute Gasteiger partial charge is 0.476 e. The highest BCUT2D eigenvalue weighted by atomic mass is 32.2. The summed E-state index contributed by atoms with van der Waals surface area (Å²) in [4.78, 5) is 16.6. The summed E-state index contributed by atoms with van der Waals surface area (Å²) in [5, 5.41) is 9.02. The minimum Gasteiger partial charge on any atom is -0.476 e. The first-order valence-electron chi connectivity index (χ1n) is 5.09. The molecule has 0 radical (unpaired) electrons. The Kier molecular flexibility index (Phi) is 3.44. The Labute approximate surface area is 104 Å². The molecule has 0 aliphatic heterocycles. The van der Waals surface area contributed by atoms with Gasteiger partial charge in [0, 0.05) is 16.0 Å². The lowest BCUT2D eigenvalue weighted by Crippen LogP contribution is -2.01. The van der Waals surface area contributed by atoms with Gasteiger partial charge in [0.2, 0.25) is 0 Å². The Balaban J connectivity index is 2.33. The van der Waals surface area contributed by atoms with Crippen LogP contribution in [0.4, 0.5) is 0 Å². The molecule has 2 aromatic rings. The third kappa shape index (κ3) is 2.85. The highest BCUT2D eigenvalue weighted by molar-refractivity contribution is 7.99. The van der Waals surface area contributed by atoms with Crippen molar-refractivity contribution in [3.05, 3.63) is 53.9 Å². The fourth-order valence-corrected chi connectivity index (χ4v) is 2.47. The summed E-state index contributed by atoms with van der Waals surface area (Å²) >= 11 is 1.41. The van der Waals surface area contributed by atoms with Gasteiger partial charge in [-0.3, -0.25) is 0 Å². The number of carboxylic acids is 1. The summed E-state index contributed by atoms with van der Waals surface area (Å²) < 4.78 is 0. The van der Waals surface area contributed by atoms with Crippen LogP contribution >= 0.6 is 11.8 Å². The second-order valence-corrected chi connectivity index (χ2v) is 4.69. The van der Waals surface area contributed by atoms with Crippen molar-refractivity contribution in [1.29, 1.82) is 0 Å². The molecule has 0 saturated heterocycles. The van der Waals surface area contributed by atoms with Crippen molar-refractivity contribution in [2.24, 2.45) is 0 Å². The molecule has 0 aliphatic rings. The van der Waals surface area contributed by atoms with E-state index in [1.165, 1.54) is 18.0 Å². The normalized spacial score (nSPS) is 10.2. The molecule has 1 aromatic carbocycles. The highest BCUT2D eigenvalue weighted by Crippen LogP contribution is 2.29. The summed E-state index contributed by atoms with van der Waals surface area (Å²) in [5.41, 5.74) is 1.25. The molecule has 0 unspecified atom stereocenters. The van der Waals surface area contributed by atoms with Gasteiger partial charge in [-0.25, -0.2) is 9.78 Å². The molecular formula is C13H11NO2S. The maximum Gasteiger partial charge on any atom is 0.355 e. The van der Waals surface area contributed by atoms with Crippen LogP contribution in [0.3, 0.4) is 0 Å². The minimum absolute atomic E-state index is 0.0963. The first-order valence-corrected chi connectivity index (χ1v) is 5.91. The minimum atomic E-state index is -0.999. The van der Waals surface area contributed by atoms with Crippen LogP contribution in [0.15, 0.2) is 52.4 Å². The summed E-state index contributed by atoms with van der Waals surface area (Å²) in [6, 6.07) is 11.4. The average Bonchev–Trinajstić information content (AvgIpc) is 2.29. The fourth-order valence-electron chi connectivity index (χ4n) is 1.44. The molecule has 4 heteroatoms. The number of hydrogen-bond acceptors (Lipinski definition) is 3. The van der Waals surface area contributed by atoms with Gasteiger partial charge < -0.3 is 5.11 Å². The van der Waals surface area contributed by atoms with Crippen molar-refractivity contribution in [2.75, 3.05) is 0 Å². The van der Waals surface area contributed by atoms with Gasteiger partial charge in [0.05, 0.1) is 0 Å². The Morgan fingerprint density at radius 3 is 2.82 bits per heavy atom. The number of carboxylic acid groups (broad SMARTS) is 1. The molecule has 17 heavy (non-hydrogen) atoms. The van der Waals surface area contributed by atoms with Crippen molar-refractivity contribution < 1.29 is 9.90 Å². The van der Waals surface area contributed by atoms with E-state index in [1.54, 1.807) is 12.1 Å². The van der Waals surface area contributed by atoms with Gasteiger partial charge in [-0.1, -0.05) is 29.5 Å². The molecule has 0 atom stereocenters. The monoisotopic (exact) mass is 245 g/mol. The molecule has 1 N–H and O–H groups in total. The van der Waals surface area contributed by atoms with Crippen molar-refractivity contribution in [3.8, 4) is 0 Å². The zero-order valence-electron chi connectivity index (χ0n) is 9.25. The number of hydrogen-bond donors (Lipinski definition) is 1. The standard InChI is InChI=1S/C13H11NO2S/c1-9-4-2-5-10(8-9)17-11-6-3-7-14-12(11)13(15)16/h2-8H,1H3,(H,15,16). The molecule has 3 nitrogen and oxygen atoms in total. The van der Waals surface area contributed by atoms with Crippen LogP contribution in [0.25, 0.3) is 0 Å². The Morgan fingerprint density at radius 2 is 2.12 bits per heavy atom. The summed E-state index contributed by atoms with van der Waals surface area (Å²) in [5.74, 6) is -0.999. The number of aromatic nitrogens is 1. The highest BCUT2D eigenvalue weighted by Gasteiger charge is 2.11. The van der Waals surface area contributed by atoms with Crippen molar-refractivity contribution in [3.63, 3.8) is 0 Å². The predicted molar refractivity (Wildman–Crippen MR) is 66.5 cm³/mol. The van der Waals surface area contributed by atoms with Crippen molar-refractivity contribution >= 4 is 17.7 Å². The van der Waals surface area contributed by atoms with Crippen LogP contribution in [0.2, 0.25) is 0 Å². The molecule has 1 aromatic heterocycles. The van der Waals surface area contributed by atoms with E-state index < -0.39 is 5.97 Å². The lowest BCUT2D eigenvalue weighted by molar-refractivity contribution is 0.0686. The Hall–Kier alpha value is -1.81. The maximum atomic E-state index is 11.0. The van der Waals surface area contributed by atoms with Gasteiger partial charge in [0.25, 0.3) is 0 Å². The summed E-state index contributed by atoms with van der Waals surface area (Å²) in [6.45, 7) is 2.01. The summed E-state index contributed by atoms with van der Waals surface area (Å²) in [7, 11) is 0. The molecule has 0 amide bonds. The molecule has 0 saturated carbocycles. The van der Waals surface area contributed by atoms with E-state index >= 15 is 0 Å². The van der Waals surface area contributed by atoms with Crippen LogP contribution in [0, 0.1) is 6.92 Å². The van der Waals surface area contributed by atoms with E-state index in [2.05, 4.69) is 4.98 Å². The molecule has 0 aliphatic carbocycles. The van der Waals surface area contributed by atoms with Gasteiger partial charge in [-0.05, 0) is 31.2 Å². The van der Waals surface area contributed by atoms with Crippen LogP contribution < -0.4 is 0 Å². The second-order valence-electron chi connectivity index (χ2n) is 3.57. The summed E-state index contributed by atoms with van der Waals surface area (Å²) in [6.07, 6.45) is 1.49. The van der Waals surface area contributed by atoms with Gasteiger partial charge >= 0.3 is 5.97 Å². The molecule has 0 spiro atoms. The zero-order chi connectivity index (χ0) is 12.3. The number of carbonyl (C=O) groups is 1. The number of aromatic carboxylic acids is 1. The van der Waals surface area contributed by atoms with E-state index in [0.717, 1.165) is 10.5 Å². The van der Waals surface area contributed by atoms with E-state index in [4.69, 9.17) is 5.11 Å². The zero-order valence-corrected chi connectivity index (χ0v) is 10.1. The third-order valence-electron chi connectivity index (χ3n) is 2.19. The quantitative estimate of drug-likeness (QED) is 0.901. The van der Waals surface area contributed by atoms with E-state index in [0.29, 0.717) is 4.90 Å². The van der Waals surface area contributed by atoms with Gasteiger partial charge in [0.15, 0.2) is 5.69 Å². The number of nitrogens with zero attached hydrogens (tertiary/aromatic N) is 1. The van der Waals surface area contributed by atoms with E-state index in [-0.39, 0.29) is 5.69 Å². The SMILES string of the molecule is Cc1cccc(Sc2cccnc2C(=O)O)c1. The third-order valence-corrected chi connectivity index (χ3v) is 3.23. The smallest absolute Gasteiger partial charge is 0.355 e. The topological polar surface area (TPSA) is 50.2 Å². The molecule has 0 fully saturated rings. The van der Waals surface area contributed by atoms with Crippen LogP contribution in [0.5, 0.6) is 0 Å². The molecule has 2 rings (SSSR count). The first-order chi connectivity index (χ1) is 8.16. The number of pyridine rings is 1. The van der Waals surface area contributed by atoms with Gasteiger partial charge in [-0.15, -0.1) is 0 Å². The Bertz CT molecular complexity index is 555. The van der Waals surface area contributed by atoms with Crippen molar-refractivity contribution in [1.82, 2.24) is 4.98 Å². The molecular weight excluding hydrogens is 234 g/mol. The average molecular weight is 245 g/mol. The fraction of sp³-hybridized carbons (Fsp3) is 0.0769. The van der Waals surface area contributed by atoms with Gasteiger partial charge in [0.1, 0.15) is 0 Å².